The number of nitrogens with two attached hydrogens (primary N) is 1. The van der Waals surface area contributed by atoms with Gasteiger partial charge in [0.05, 0.1) is 0 Å². The fraction of sp³-hybridized carbons (Fsp3) is 0.650. The highest BCUT2D eigenvalue weighted by Crippen LogP contribution is 2.27. The second kappa shape index (κ2) is 9.20. The third-order valence-corrected chi connectivity index (χ3v) is 5.39. The Bertz CT molecular complexity index is 583. The van der Waals surface area contributed by atoms with Gasteiger partial charge >= 0.3 is 0 Å². The molecule has 0 radical (unpaired) electrons. The first kappa shape index (κ1) is 18.2. The zero-order valence-electron chi connectivity index (χ0n) is 15.6. The zero-order chi connectivity index (χ0) is 17.5. The van der Waals surface area contributed by atoms with E-state index in [4.69, 9.17) is 5.73 Å². The van der Waals surface area contributed by atoms with Crippen molar-refractivity contribution in [2.75, 3.05) is 51.6 Å². The van der Waals surface area contributed by atoms with E-state index in [9.17, 15) is 0 Å². The Hall–Kier alpha value is -1.59. The van der Waals surface area contributed by atoms with Crippen LogP contribution >= 0.6 is 0 Å². The van der Waals surface area contributed by atoms with Gasteiger partial charge in [0.15, 0.2) is 5.96 Å². The summed E-state index contributed by atoms with van der Waals surface area (Å²) in [4.78, 5) is 9.51. The fourth-order valence-electron chi connectivity index (χ4n) is 3.89. The number of hydrogen-bond acceptors (Lipinski definition) is 3. The first-order chi connectivity index (χ1) is 12.2. The molecule has 1 saturated heterocycles. The van der Waals surface area contributed by atoms with Crippen LogP contribution in [-0.2, 0) is 12.8 Å². The predicted molar refractivity (Wildman–Crippen MR) is 106 cm³/mol. The van der Waals surface area contributed by atoms with E-state index < -0.39 is 0 Å². The molecule has 1 aromatic rings. The molecule has 0 spiro atoms. The second-order valence-corrected chi connectivity index (χ2v) is 7.39. The highest BCUT2D eigenvalue weighted by atomic mass is 15.2. The van der Waals surface area contributed by atoms with E-state index in [2.05, 4.69) is 45.4 Å². The van der Waals surface area contributed by atoms with Crippen LogP contribution < -0.4 is 11.1 Å². The Morgan fingerprint density at radius 3 is 2.92 bits per heavy atom. The molecule has 5 nitrogen and oxygen atoms in total. The predicted octanol–water partition coefficient (Wildman–Crippen LogP) is 2.32. The van der Waals surface area contributed by atoms with E-state index in [0.717, 1.165) is 31.6 Å². The lowest BCUT2D eigenvalue weighted by Crippen LogP contribution is -2.30. The molecule has 2 aliphatic rings. The van der Waals surface area contributed by atoms with Crippen LogP contribution in [0.2, 0.25) is 0 Å². The smallest absolute Gasteiger partial charge is 0.193 e. The molecule has 1 aromatic carbocycles. The molecular weight excluding hydrogens is 310 g/mol. The molecule has 3 N–H and O–H groups in total. The maximum Gasteiger partial charge on any atom is 0.193 e. The lowest BCUT2D eigenvalue weighted by Gasteiger charge is -2.20. The first-order valence-electron chi connectivity index (χ1n) is 9.81. The van der Waals surface area contributed by atoms with Gasteiger partial charge in [0.2, 0.25) is 0 Å². The van der Waals surface area contributed by atoms with Crippen molar-refractivity contribution in [2.45, 2.75) is 38.5 Å². The van der Waals surface area contributed by atoms with Gasteiger partial charge in [0, 0.05) is 25.3 Å². The zero-order valence-corrected chi connectivity index (χ0v) is 15.6. The average Bonchev–Trinajstić information content (AvgIpc) is 2.83. The lowest BCUT2D eigenvalue weighted by atomic mass is 9.90. The van der Waals surface area contributed by atoms with Crippen molar-refractivity contribution in [1.29, 1.82) is 0 Å². The molecule has 0 aromatic heterocycles. The highest BCUT2D eigenvalue weighted by Gasteiger charge is 2.13. The number of fused-ring (bicyclic) bond motifs is 1. The SMILES string of the molecule is CN1CCCN(CCCN=C(N)Nc2cccc3c2CCCC3)CC1. The maximum absolute atomic E-state index is 6.12. The van der Waals surface area contributed by atoms with E-state index in [1.165, 1.54) is 63.0 Å². The Kier molecular flexibility index (Phi) is 6.70. The number of nitrogens with one attached hydrogen (secondary N) is 1. The van der Waals surface area contributed by atoms with Crippen molar-refractivity contribution in [3.05, 3.63) is 29.3 Å². The molecule has 25 heavy (non-hydrogen) atoms. The van der Waals surface area contributed by atoms with Crippen molar-refractivity contribution < 1.29 is 0 Å². The fourth-order valence-corrected chi connectivity index (χ4v) is 3.89. The van der Waals surface area contributed by atoms with Crippen molar-refractivity contribution in [1.82, 2.24) is 9.80 Å². The Balaban J connectivity index is 1.45. The van der Waals surface area contributed by atoms with Gasteiger partial charge in [-0.15, -0.1) is 0 Å². The van der Waals surface area contributed by atoms with Gasteiger partial charge in [-0.1, -0.05) is 12.1 Å². The highest BCUT2D eigenvalue weighted by molar-refractivity contribution is 5.93. The summed E-state index contributed by atoms with van der Waals surface area (Å²) in [6.07, 6.45) is 7.24. The molecular formula is C20H33N5. The van der Waals surface area contributed by atoms with Crippen LogP contribution in [0.4, 0.5) is 5.69 Å². The quantitative estimate of drug-likeness (QED) is 0.489. The van der Waals surface area contributed by atoms with Gasteiger partial charge in [-0.3, -0.25) is 4.99 Å². The summed E-state index contributed by atoms with van der Waals surface area (Å²) in [6, 6.07) is 6.49. The van der Waals surface area contributed by atoms with Crippen LogP contribution in [0.25, 0.3) is 0 Å². The Morgan fingerprint density at radius 1 is 1.12 bits per heavy atom. The van der Waals surface area contributed by atoms with Crippen molar-refractivity contribution in [3.63, 3.8) is 0 Å². The largest absolute Gasteiger partial charge is 0.370 e. The molecule has 0 bridgehead atoms. The molecule has 1 heterocycles. The summed E-state index contributed by atoms with van der Waals surface area (Å²) in [5.74, 6) is 0.551. The lowest BCUT2D eigenvalue weighted by molar-refractivity contribution is 0.275. The summed E-state index contributed by atoms with van der Waals surface area (Å²) >= 11 is 0. The first-order valence-corrected chi connectivity index (χ1v) is 9.81. The van der Waals surface area contributed by atoms with Gasteiger partial charge in [0.1, 0.15) is 0 Å². The maximum atomic E-state index is 6.12. The van der Waals surface area contributed by atoms with Crippen LogP contribution in [0.1, 0.15) is 36.8 Å². The number of rotatable bonds is 5. The number of likely N-dealkylation sites (N-methyl/N-ethyl adjacent to an activating group) is 1. The second-order valence-electron chi connectivity index (χ2n) is 7.39. The van der Waals surface area contributed by atoms with Crippen molar-refractivity contribution in [3.8, 4) is 0 Å². The number of nitrogens with zero attached hydrogens (tertiary/aromatic N) is 3. The molecule has 1 fully saturated rings. The molecule has 1 aliphatic carbocycles. The van der Waals surface area contributed by atoms with Gasteiger partial charge in [-0.2, -0.15) is 0 Å². The van der Waals surface area contributed by atoms with Crippen LogP contribution in [0.15, 0.2) is 23.2 Å². The minimum atomic E-state index is 0.551. The molecule has 3 rings (SSSR count). The van der Waals surface area contributed by atoms with E-state index >= 15 is 0 Å². The number of benzene rings is 1. The monoisotopic (exact) mass is 343 g/mol. The van der Waals surface area contributed by atoms with Gasteiger partial charge < -0.3 is 20.9 Å². The van der Waals surface area contributed by atoms with Crippen LogP contribution in [0, 0.1) is 0 Å². The van der Waals surface area contributed by atoms with Gasteiger partial charge in [-0.05, 0) is 82.4 Å². The Morgan fingerprint density at radius 2 is 2.00 bits per heavy atom. The number of anilines is 1. The molecule has 0 saturated carbocycles. The normalized spacial score (nSPS) is 20.1. The molecule has 5 heteroatoms. The molecule has 0 atom stereocenters. The van der Waals surface area contributed by atoms with Crippen LogP contribution in [0.3, 0.4) is 0 Å². The Labute approximate surface area is 152 Å². The number of hydrogen-bond donors (Lipinski definition) is 2. The van der Waals surface area contributed by atoms with E-state index in [-0.39, 0.29) is 0 Å². The summed E-state index contributed by atoms with van der Waals surface area (Å²) in [5.41, 5.74) is 10.2. The third-order valence-electron chi connectivity index (χ3n) is 5.39. The molecule has 0 unspecified atom stereocenters. The summed E-state index contributed by atoms with van der Waals surface area (Å²) in [5, 5.41) is 3.33. The average molecular weight is 344 g/mol. The number of aliphatic imine (C=N–C) groups is 1. The minimum absolute atomic E-state index is 0.551. The summed E-state index contributed by atoms with van der Waals surface area (Å²) in [6.45, 7) is 6.67. The van der Waals surface area contributed by atoms with Gasteiger partial charge in [-0.25, -0.2) is 0 Å². The molecule has 1 aliphatic heterocycles. The van der Waals surface area contributed by atoms with Crippen LogP contribution in [-0.4, -0.2) is 62.1 Å². The number of aryl methyl sites for hydroxylation is 1. The standard InChI is InChI=1S/C20H33N5/c1-24-12-6-14-25(16-15-24)13-5-11-22-20(21)23-19-10-4-8-17-7-2-3-9-18(17)19/h4,8,10H,2-3,5-7,9,11-16H2,1H3,(H3,21,22,23). The van der Waals surface area contributed by atoms with Crippen LogP contribution in [0.5, 0.6) is 0 Å². The van der Waals surface area contributed by atoms with E-state index in [0.29, 0.717) is 5.96 Å². The van der Waals surface area contributed by atoms with E-state index in [1.54, 1.807) is 0 Å². The topological polar surface area (TPSA) is 56.9 Å². The minimum Gasteiger partial charge on any atom is -0.370 e. The molecule has 138 valence electrons. The summed E-state index contributed by atoms with van der Waals surface area (Å²) in [7, 11) is 2.21. The third kappa shape index (κ3) is 5.44. The molecule has 0 amide bonds. The van der Waals surface area contributed by atoms with E-state index in [1.807, 2.05) is 0 Å². The number of guanidine groups is 1. The van der Waals surface area contributed by atoms with Crippen molar-refractivity contribution in [2.24, 2.45) is 10.7 Å². The van der Waals surface area contributed by atoms with Crippen molar-refractivity contribution >= 4 is 11.6 Å². The van der Waals surface area contributed by atoms with Gasteiger partial charge in [0.25, 0.3) is 0 Å². The summed E-state index contributed by atoms with van der Waals surface area (Å²) < 4.78 is 0.